The summed E-state index contributed by atoms with van der Waals surface area (Å²) in [6.45, 7) is 0. The van der Waals surface area contributed by atoms with Gasteiger partial charge in [0.1, 0.15) is 0 Å². The van der Waals surface area contributed by atoms with Crippen molar-refractivity contribution in [2.75, 3.05) is 14.1 Å². The van der Waals surface area contributed by atoms with Gasteiger partial charge in [0, 0.05) is 12.4 Å². The fourth-order valence-corrected chi connectivity index (χ4v) is 4.94. The van der Waals surface area contributed by atoms with Crippen LogP contribution in [0.1, 0.15) is 0 Å². The molecular formula is C16H18N3OP. The number of imidazole rings is 1. The summed E-state index contributed by atoms with van der Waals surface area (Å²) < 4.78 is 17.5. The second kappa shape index (κ2) is 5.14. The average Bonchev–Trinajstić information content (AvgIpc) is 2.85. The van der Waals surface area contributed by atoms with Crippen LogP contribution in [0.5, 0.6) is 0 Å². The molecule has 0 radical (unpaired) electrons. The van der Waals surface area contributed by atoms with E-state index in [1.165, 1.54) is 0 Å². The Kier molecular flexibility index (Phi) is 3.44. The molecule has 0 aliphatic heterocycles. The number of rotatable bonds is 3. The highest BCUT2D eigenvalue weighted by Gasteiger charge is 2.34. The molecule has 1 aromatic heterocycles. The third-order valence-electron chi connectivity index (χ3n) is 3.70. The van der Waals surface area contributed by atoms with E-state index in [1.54, 1.807) is 4.67 Å². The van der Waals surface area contributed by atoms with Crippen LogP contribution in [0.25, 0.3) is 11.0 Å². The first-order chi connectivity index (χ1) is 10.0. The first-order valence-electron chi connectivity index (χ1n) is 6.80. The molecule has 0 N–H and O–H groups in total. The summed E-state index contributed by atoms with van der Waals surface area (Å²) in [5, 5.41) is 0.799. The first kappa shape index (κ1) is 14.1. The quantitative estimate of drug-likeness (QED) is 0.697. The smallest absolute Gasteiger partial charge is 0.240 e. The molecule has 1 atom stereocenters. The predicted molar refractivity (Wildman–Crippen MR) is 87.7 cm³/mol. The van der Waals surface area contributed by atoms with Crippen molar-refractivity contribution in [3.8, 4) is 0 Å². The minimum absolute atomic E-state index is 0.611. The lowest BCUT2D eigenvalue weighted by atomic mass is 10.3. The summed E-state index contributed by atoms with van der Waals surface area (Å²) in [5.41, 5.74) is 2.47. The zero-order valence-corrected chi connectivity index (χ0v) is 13.3. The lowest BCUT2D eigenvalue weighted by Crippen LogP contribution is -2.31. The van der Waals surface area contributed by atoms with Gasteiger partial charge in [-0.2, -0.15) is 0 Å². The van der Waals surface area contributed by atoms with Gasteiger partial charge >= 0.3 is 0 Å². The van der Waals surface area contributed by atoms with E-state index in [2.05, 4.69) is 4.98 Å². The monoisotopic (exact) mass is 299 g/mol. The number of aromatic nitrogens is 2. The molecule has 0 aliphatic rings. The predicted octanol–water partition coefficient (Wildman–Crippen LogP) is 2.36. The van der Waals surface area contributed by atoms with Crippen molar-refractivity contribution < 1.29 is 4.57 Å². The molecule has 4 nitrogen and oxygen atoms in total. The van der Waals surface area contributed by atoms with Crippen molar-refractivity contribution >= 4 is 29.2 Å². The molecule has 5 heteroatoms. The van der Waals surface area contributed by atoms with Crippen LogP contribution in [0.4, 0.5) is 0 Å². The molecule has 0 amide bonds. The largest absolute Gasteiger partial charge is 0.323 e. The summed E-state index contributed by atoms with van der Waals surface area (Å²) in [6.07, 6.45) is 0. The lowest BCUT2D eigenvalue weighted by molar-refractivity contribution is 0.530. The minimum atomic E-state index is -2.92. The zero-order chi connectivity index (χ0) is 15.0. The van der Waals surface area contributed by atoms with E-state index < -0.39 is 7.29 Å². The Labute approximate surface area is 124 Å². The molecule has 3 aromatic rings. The maximum atomic E-state index is 13.7. The standard InChI is InChI=1S/C16H18N3OP/c1-18(2)21(20,13-9-5-4-6-10-13)16-17-14-11-7-8-12-15(14)19(16)3/h4-12H,1-3H3. The minimum Gasteiger partial charge on any atom is -0.323 e. The number of benzene rings is 2. The van der Waals surface area contributed by atoms with Crippen LogP contribution in [0, 0.1) is 0 Å². The van der Waals surface area contributed by atoms with Gasteiger partial charge in [-0.3, -0.25) is 9.24 Å². The van der Waals surface area contributed by atoms with Crippen molar-refractivity contribution in [1.29, 1.82) is 0 Å². The molecule has 0 bridgehead atoms. The van der Waals surface area contributed by atoms with Crippen LogP contribution in [-0.4, -0.2) is 28.3 Å². The van der Waals surface area contributed by atoms with Gasteiger partial charge in [0.25, 0.3) is 0 Å². The Balaban J connectivity index is 2.31. The van der Waals surface area contributed by atoms with Gasteiger partial charge in [-0.1, -0.05) is 30.3 Å². The van der Waals surface area contributed by atoms with E-state index in [0.717, 1.165) is 16.3 Å². The number of nitrogens with zero attached hydrogens (tertiary/aromatic N) is 3. The first-order valence-corrected chi connectivity index (χ1v) is 8.46. The fourth-order valence-electron chi connectivity index (χ4n) is 2.56. The molecule has 0 spiro atoms. The molecule has 0 aliphatic carbocycles. The van der Waals surface area contributed by atoms with Gasteiger partial charge in [-0.05, 0) is 38.4 Å². The van der Waals surface area contributed by atoms with Crippen molar-refractivity contribution in [2.45, 2.75) is 0 Å². The van der Waals surface area contributed by atoms with Gasteiger partial charge in [0.15, 0.2) is 5.57 Å². The Bertz CT molecular complexity index is 824. The molecule has 0 fully saturated rings. The summed E-state index contributed by atoms with van der Waals surface area (Å²) in [5.74, 6) is 0. The Morgan fingerprint density at radius 1 is 1.00 bits per heavy atom. The third kappa shape index (κ3) is 2.11. The molecule has 1 unspecified atom stereocenters. The number of hydrogen-bond donors (Lipinski definition) is 0. The van der Waals surface area contributed by atoms with E-state index in [0.29, 0.717) is 5.57 Å². The van der Waals surface area contributed by atoms with Crippen LogP contribution in [0.2, 0.25) is 0 Å². The van der Waals surface area contributed by atoms with Gasteiger partial charge in [0.2, 0.25) is 7.29 Å². The number of fused-ring (bicyclic) bond motifs is 1. The highest BCUT2D eigenvalue weighted by molar-refractivity contribution is 7.76. The second-order valence-corrected chi connectivity index (χ2v) is 8.09. The molecular weight excluding hydrogens is 281 g/mol. The number of para-hydroxylation sites is 2. The summed E-state index contributed by atoms with van der Waals surface area (Å²) >= 11 is 0. The molecule has 0 saturated heterocycles. The Hall–Kier alpha value is -1.90. The molecule has 108 valence electrons. The van der Waals surface area contributed by atoms with Crippen molar-refractivity contribution in [2.24, 2.45) is 7.05 Å². The van der Waals surface area contributed by atoms with Crippen LogP contribution in [-0.2, 0) is 11.6 Å². The van der Waals surface area contributed by atoms with Crippen molar-refractivity contribution in [1.82, 2.24) is 14.2 Å². The van der Waals surface area contributed by atoms with E-state index in [1.807, 2.05) is 80.3 Å². The molecule has 2 aromatic carbocycles. The third-order valence-corrected chi connectivity index (χ3v) is 6.77. The van der Waals surface area contributed by atoms with Gasteiger partial charge < -0.3 is 4.57 Å². The molecule has 0 saturated carbocycles. The van der Waals surface area contributed by atoms with Gasteiger partial charge in [-0.15, -0.1) is 0 Å². The normalized spacial score (nSPS) is 14.5. The van der Waals surface area contributed by atoms with Crippen LogP contribution in [0.15, 0.2) is 54.6 Å². The Morgan fingerprint density at radius 3 is 2.24 bits per heavy atom. The summed E-state index contributed by atoms with van der Waals surface area (Å²) in [6, 6.07) is 17.4. The van der Waals surface area contributed by atoms with Crippen molar-refractivity contribution in [3.63, 3.8) is 0 Å². The lowest BCUT2D eigenvalue weighted by Gasteiger charge is -2.24. The van der Waals surface area contributed by atoms with E-state index in [9.17, 15) is 4.57 Å². The SMILES string of the molecule is CN(C)P(=O)(c1ccccc1)c1nc2ccccc2n1C. The number of hydrogen-bond acceptors (Lipinski definition) is 2. The van der Waals surface area contributed by atoms with Crippen LogP contribution in [0.3, 0.4) is 0 Å². The van der Waals surface area contributed by atoms with E-state index in [4.69, 9.17) is 0 Å². The Morgan fingerprint density at radius 2 is 1.62 bits per heavy atom. The van der Waals surface area contributed by atoms with Crippen LogP contribution < -0.4 is 10.9 Å². The zero-order valence-electron chi connectivity index (χ0n) is 12.4. The highest BCUT2D eigenvalue weighted by atomic mass is 31.2. The van der Waals surface area contributed by atoms with Gasteiger partial charge in [-0.25, -0.2) is 4.98 Å². The summed E-state index contributed by atoms with van der Waals surface area (Å²) in [7, 11) is 2.68. The maximum absolute atomic E-state index is 13.7. The topological polar surface area (TPSA) is 38.1 Å². The average molecular weight is 299 g/mol. The molecule has 21 heavy (non-hydrogen) atoms. The summed E-state index contributed by atoms with van der Waals surface area (Å²) in [4.78, 5) is 4.64. The van der Waals surface area contributed by atoms with Gasteiger partial charge in [0.05, 0.1) is 11.0 Å². The molecule has 3 rings (SSSR count). The maximum Gasteiger partial charge on any atom is 0.240 e. The van der Waals surface area contributed by atoms with Crippen molar-refractivity contribution in [3.05, 3.63) is 54.6 Å². The van der Waals surface area contributed by atoms with Crippen LogP contribution >= 0.6 is 7.29 Å². The van der Waals surface area contributed by atoms with E-state index in [-0.39, 0.29) is 0 Å². The fraction of sp³-hybridized carbons (Fsp3) is 0.188. The second-order valence-electron chi connectivity index (χ2n) is 5.22. The number of aryl methyl sites for hydroxylation is 1. The molecule has 1 heterocycles. The van der Waals surface area contributed by atoms with E-state index >= 15 is 0 Å². The highest BCUT2D eigenvalue weighted by Crippen LogP contribution is 2.45.